The van der Waals surface area contributed by atoms with Crippen molar-refractivity contribution in [1.82, 2.24) is 0 Å². The zero-order valence-corrected chi connectivity index (χ0v) is 12.1. The topological polar surface area (TPSA) is 0 Å². The van der Waals surface area contributed by atoms with Crippen LogP contribution in [-0.2, 0) is 0 Å². The van der Waals surface area contributed by atoms with Crippen LogP contribution in [0.3, 0.4) is 0 Å². The van der Waals surface area contributed by atoms with E-state index in [0.29, 0.717) is 10.7 Å². The van der Waals surface area contributed by atoms with E-state index in [2.05, 4.69) is 38.4 Å². The van der Waals surface area contributed by atoms with Crippen molar-refractivity contribution < 1.29 is 0 Å². The summed E-state index contributed by atoms with van der Waals surface area (Å²) in [5, 5.41) is 0.985. The van der Waals surface area contributed by atoms with Crippen LogP contribution in [0.25, 0.3) is 0 Å². The van der Waals surface area contributed by atoms with Gasteiger partial charge in [-0.25, -0.2) is 0 Å². The van der Waals surface area contributed by atoms with E-state index in [1.54, 1.807) is 0 Å². The zero-order chi connectivity index (χ0) is 10.5. The molecule has 0 N–H and O–H groups in total. The quantitative estimate of drug-likeness (QED) is 0.487. The van der Waals surface area contributed by atoms with Crippen LogP contribution in [0.15, 0.2) is 12.7 Å². The lowest BCUT2D eigenvalue weighted by Gasteiger charge is -2.23. The van der Waals surface area contributed by atoms with E-state index in [1.165, 1.54) is 0 Å². The van der Waals surface area contributed by atoms with E-state index in [4.69, 9.17) is 11.6 Å². The lowest BCUT2D eigenvalue weighted by molar-refractivity contribution is 0.547. The summed E-state index contributed by atoms with van der Waals surface area (Å²) in [6.07, 6.45) is 4.20. The van der Waals surface area contributed by atoms with Gasteiger partial charge in [0.05, 0.1) is 4.87 Å². The highest BCUT2D eigenvalue weighted by Crippen LogP contribution is 2.29. The first kappa shape index (κ1) is 14.0. The summed E-state index contributed by atoms with van der Waals surface area (Å²) >= 11 is 13.2. The van der Waals surface area contributed by atoms with Gasteiger partial charge in [-0.05, 0) is 32.6 Å². The molecule has 0 bridgehead atoms. The molecule has 0 radical (unpaired) electrons. The first-order valence-corrected chi connectivity index (χ1v) is 6.84. The van der Waals surface area contributed by atoms with Gasteiger partial charge in [0, 0.05) is 10.2 Å². The van der Waals surface area contributed by atoms with E-state index >= 15 is 0 Å². The standard InChI is InChI=1S/C10H17Br2Cl/c1-4-8(7-11)5-6-9(12)10(2,3)13/h4,8-9H,1,5-7H2,2-3H3. The van der Waals surface area contributed by atoms with Crippen LogP contribution < -0.4 is 0 Å². The van der Waals surface area contributed by atoms with Crippen molar-refractivity contribution in [3.63, 3.8) is 0 Å². The van der Waals surface area contributed by atoms with Gasteiger partial charge in [0.15, 0.2) is 0 Å². The molecule has 0 aliphatic heterocycles. The maximum atomic E-state index is 6.17. The highest BCUT2D eigenvalue weighted by molar-refractivity contribution is 9.09. The molecule has 2 unspecified atom stereocenters. The molecular formula is C10H17Br2Cl. The minimum Gasteiger partial charge on any atom is -0.119 e. The molecule has 78 valence electrons. The predicted molar refractivity (Wildman–Crippen MR) is 69.4 cm³/mol. The van der Waals surface area contributed by atoms with Gasteiger partial charge in [0.2, 0.25) is 0 Å². The van der Waals surface area contributed by atoms with Crippen LogP contribution in [-0.4, -0.2) is 15.0 Å². The SMILES string of the molecule is C=CC(CBr)CCC(Br)C(C)(C)Cl. The fraction of sp³-hybridized carbons (Fsp3) is 0.800. The molecule has 3 heteroatoms. The van der Waals surface area contributed by atoms with E-state index in [9.17, 15) is 0 Å². The molecule has 0 nitrogen and oxygen atoms in total. The first-order valence-electron chi connectivity index (χ1n) is 4.43. The van der Waals surface area contributed by atoms with Gasteiger partial charge in [0.25, 0.3) is 0 Å². The third-order valence-electron chi connectivity index (χ3n) is 2.07. The zero-order valence-electron chi connectivity index (χ0n) is 8.19. The van der Waals surface area contributed by atoms with Gasteiger partial charge in [-0.1, -0.05) is 37.9 Å². The molecule has 0 amide bonds. The number of hydrogen-bond acceptors (Lipinski definition) is 0. The molecule has 0 heterocycles. The Balaban J connectivity index is 3.81. The van der Waals surface area contributed by atoms with Crippen molar-refractivity contribution in [3.05, 3.63) is 12.7 Å². The summed E-state index contributed by atoms with van der Waals surface area (Å²) in [4.78, 5) is 0.195. The van der Waals surface area contributed by atoms with Crippen molar-refractivity contribution in [1.29, 1.82) is 0 Å². The summed E-state index contributed by atoms with van der Waals surface area (Å²) in [5.41, 5.74) is 0. The van der Waals surface area contributed by atoms with E-state index < -0.39 is 0 Å². The third-order valence-corrected chi connectivity index (χ3v) is 5.03. The molecule has 0 aromatic rings. The van der Waals surface area contributed by atoms with Gasteiger partial charge in [-0.2, -0.15) is 0 Å². The largest absolute Gasteiger partial charge is 0.119 e. The Morgan fingerprint density at radius 3 is 2.31 bits per heavy atom. The number of halogens is 3. The molecule has 0 aromatic heterocycles. The Hall–Kier alpha value is 0.990. The fourth-order valence-corrected chi connectivity index (χ4v) is 1.92. The van der Waals surface area contributed by atoms with Gasteiger partial charge in [-0.15, -0.1) is 18.2 Å². The van der Waals surface area contributed by atoms with Gasteiger partial charge in [-0.3, -0.25) is 0 Å². The Morgan fingerprint density at radius 1 is 1.46 bits per heavy atom. The number of rotatable bonds is 6. The number of hydrogen-bond donors (Lipinski definition) is 0. The molecule has 0 rings (SSSR count). The van der Waals surface area contributed by atoms with E-state index in [1.807, 2.05) is 19.9 Å². The van der Waals surface area contributed by atoms with Crippen LogP contribution in [0.2, 0.25) is 0 Å². The van der Waals surface area contributed by atoms with Crippen LogP contribution in [0.4, 0.5) is 0 Å². The molecule has 0 fully saturated rings. The van der Waals surface area contributed by atoms with Crippen LogP contribution in [0.5, 0.6) is 0 Å². The summed E-state index contributed by atoms with van der Waals surface area (Å²) in [5.74, 6) is 0.555. The second-order valence-corrected chi connectivity index (χ2v) is 6.49. The molecule has 13 heavy (non-hydrogen) atoms. The summed E-state index contributed by atoms with van der Waals surface area (Å²) < 4.78 is 0. The number of allylic oxidation sites excluding steroid dienone is 1. The summed E-state index contributed by atoms with van der Waals surface area (Å²) in [6.45, 7) is 7.86. The van der Waals surface area contributed by atoms with Crippen molar-refractivity contribution in [2.24, 2.45) is 5.92 Å². The van der Waals surface area contributed by atoms with E-state index in [-0.39, 0.29) is 4.87 Å². The van der Waals surface area contributed by atoms with E-state index in [0.717, 1.165) is 18.2 Å². The first-order chi connectivity index (χ1) is 5.91. The van der Waals surface area contributed by atoms with Gasteiger partial charge >= 0.3 is 0 Å². The molecule has 0 aliphatic carbocycles. The lowest BCUT2D eigenvalue weighted by atomic mass is 9.99. The second kappa shape index (κ2) is 6.47. The molecular weight excluding hydrogens is 315 g/mol. The lowest BCUT2D eigenvalue weighted by Crippen LogP contribution is -2.25. The average Bonchev–Trinajstić information content (AvgIpc) is 2.04. The van der Waals surface area contributed by atoms with Crippen molar-refractivity contribution in [3.8, 4) is 0 Å². The maximum absolute atomic E-state index is 6.17. The third kappa shape index (κ3) is 6.14. The Bertz CT molecular complexity index is 151. The van der Waals surface area contributed by atoms with Crippen molar-refractivity contribution in [2.45, 2.75) is 36.4 Å². The summed E-state index contributed by atoms with van der Waals surface area (Å²) in [7, 11) is 0. The Labute approximate surface area is 103 Å². The number of alkyl halides is 3. The highest BCUT2D eigenvalue weighted by atomic mass is 79.9. The molecule has 0 aromatic carbocycles. The smallest absolute Gasteiger partial charge is 0.0515 e. The molecule has 0 saturated heterocycles. The Morgan fingerprint density at radius 2 is 2.00 bits per heavy atom. The molecule has 2 atom stereocenters. The minimum atomic E-state index is -0.169. The van der Waals surface area contributed by atoms with Crippen LogP contribution in [0, 0.1) is 5.92 Å². The second-order valence-electron chi connectivity index (χ2n) is 3.76. The van der Waals surface area contributed by atoms with Crippen molar-refractivity contribution >= 4 is 43.5 Å². The summed E-state index contributed by atoms with van der Waals surface area (Å²) in [6, 6.07) is 0. The average molecular weight is 333 g/mol. The molecule has 0 aliphatic rings. The van der Waals surface area contributed by atoms with Gasteiger partial charge < -0.3 is 0 Å². The normalized spacial score (nSPS) is 16.7. The Kier molecular flexibility index (Phi) is 6.96. The van der Waals surface area contributed by atoms with Crippen molar-refractivity contribution in [2.75, 3.05) is 5.33 Å². The predicted octanol–water partition coefficient (Wildman–Crippen LogP) is 4.74. The molecule has 0 spiro atoms. The van der Waals surface area contributed by atoms with Crippen LogP contribution >= 0.6 is 43.5 Å². The van der Waals surface area contributed by atoms with Crippen LogP contribution in [0.1, 0.15) is 26.7 Å². The monoisotopic (exact) mass is 330 g/mol. The fourth-order valence-electron chi connectivity index (χ4n) is 0.962. The molecule has 0 saturated carbocycles. The van der Waals surface area contributed by atoms with Gasteiger partial charge in [0.1, 0.15) is 0 Å². The highest BCUT2D eigenvalue weighted by Gasteiger charge is 2.24. The minimum absolute atomic E-state index is 0.169. The maximum Gasteiger partial charge on any atom is 0.0515 e.